The molecule has 20 heavy (non-hydrogen) atoms. The van der Waals surface area contributed by atoms with Crippen molar-refractivity contribution in [2.24, 2.45) is 0 Å². The number of aliphatic hydroxyl groups is 2. The number of rotatable bonds is 5. The average Bonchev–Trinajstić information content (AvgIpc) is 2.73. The third kappa shape index (κ3) is 2.89. The monoisotopic (exact) mass is 300 g/mol. The summed E-state index contributed by atoms with van der Waals surface area (Å²) in [5.74, 6) is 0. The lowest BCUT2D eigenvalue weighted by Gasteiger charge is -2.22. The molecule has 0 bridgehead atoms. The van der Waals surface area contributed by atoms with Crippen molar-refractivity contribution < 1.29 is 19.7 Å². The summed E-state index contributed by atoms with van der Waals surface area (Å²) in [5, 5.41) is 19.3. The molecule has 4 atom stereocenters. The van der Waals surface area contributed by atoms with E-state index in [-0.39, 0.29) is 23.5 Å². The Hall–Kier alpha value is -1.32. The van der Waals surface area contributed by atoms with Gasteiger partial charge in [-0.1, -0.05) is 6.08 Å². The minimum atomic E-state index is -1.00. The Morgan fingerprint density at radius 1 is 1.65 bits per heavy atom. The zero-order valence-electron chi connectivity index (χ0n) is 10.6. The van der Waals surface area contributed by atoms with Gasteiger partial charge in [-0.3, -0.25) is 14.3 Å². The smallest absolute Gasteiger partial charge is 0.251 e. The van der Waals surface area contributed by atoms with Crippen molar-refractivity contribution in [3.05, 3.63) is 40.0 Å². The maximum atomic E-state index is 11.2. The molecule has 8 heteroatoms. The van der Waals surface area contributed by atoms with Crippen LogP contribution in [0.25, 0.3) is 0 Å². The third-order valence-electron chi connectivity index (χ3n) is 3.02. The molecular weight excluding hydrogens is 284 g/mol. The SMILES string of the molecule is C=CCO[C@@H]1[C@H](O)[C@@H](CO)O[C@H]1n1ccc(=O)[nH]c1=S. The molecule has 0 unspecified atom stereocenters. The Balaban J connectivity index is 2.33. The zero-order chi connectivity index (χ0) is 14.7. The standard InChI is InChI=1S/C12H16N2O5S/c1-2-5-18-10-9(17)7(6-15)19-11(10)14-4-3-8(16)13-12(14)20/h2-4,7,9-11,15,17H,1,5-6H2,(H,13,16,20)/t7-,9-,10-,11-/m1/s1. The zero-order valence-corrected chi connectivity index (χ0v) is 11.5. The highest BCUT2D eigenvalue weighted by Gasteiger charge is 2.45. The van der Waals surface area contributed by atoms with Gasteiger partial charge in [-0.05, 0) is 12.2 Å². The lowest BCUT2D eigenvalue weighted by atomic mass is 10.1. The molecule has 0 saturated carbocycles. The van der Waals surface area contributed by atoms with Crippen molar-refractivity contribution >= 4 is 12.2 Å². The van der Waals surface area contributed by atoms with Crippen LogP contribution in [0.5, 0.6) is 0 Å². The van der Waals surface area contributed by atoms with E-state index < -0.39 is 24.5 Å². The number of hydrogen-bond donors (Lipinski definition) is 3. The number of aliphatic hydroxyl groups excluding tert-OH is 2. The molecule has 1 aliphatic heterocycles. The minimum Gasteiger partial charge on any atom is -0.394 e. The highest BCUT2D eigenvalue weighted by atomic mass is 32.1. The Morgan fingerprint density at radius 3 is 3.00 bits per heavy atom. The van der Waals surface area contributed by atoms with E-state index in [0.717, 1.165) is 0 Å². The number of aromatic nitrogens is 2. The van der Waals surface area contributed by atoms with E-state index in [1.807, 2.05) is 0 Å². The van der Waals surface area contributed by atoms with Crippen LogP contribution < -0.4 is 5.56 Å². The topological polar surface area (TPSA) is 96.7 Å². The summed E-state index contributed by atoms with van der Waals surface area (Å²) < 4.78 is 12.7. The highest BCUT2D eigenvalue weighted by molar-refractivity contribution is 7.71. The van der Waals surface area contributed by atoms with Gasteiger partial charge in [-0.2, -0.15) is 0 Å². The Labute approximate surface area is 120 Å². The van der Waals surface area contributed by atoms with Crippen LogP contribution in [0, 0.1) is 4.77 Å². The van der Waals surface area contributed by atoms with Crippen molar-refractivity contribution in [1.29, 1.82) is 0 Å². The van der Waals surface area contributed by atoms with Gasteiger partial charge >= 0.3 is 0 Å². The fourth-order valence-electron chi connectivity index (χ4n) is 2.08. The molecule has 7 nitrogen and oxygen atoms in total. The molecule has 1 aliphatic rings. The third-order valence-corrected chi connectivity index (χ3v) is 3.34. The largest absolute Gasteiger partial charge is 0.394 e. The quantitative estimate of drug-likeness (QED) is 0.511. The van der Waals surface area contributed by atoms with E-state index in [4.69, 9.17) is 21.7 Å². The first kappa shape index (κ1) is 15.1. The molecule has 2 rings (SSSR count). The molecule has 0 amide bonds. The molecule has 3 N–H and O–H groups in total. The summed E-state index contributed by atoms with van der Waals surface area (Å²) in [6.07, 6.45) is -0.221. The fraction of sp³-hybridized carbons (Fsp3) is 0.500. The number of aromatic amines is 1. The number of H-pyrrole nitrogens is 1. The first-order valence-electron chi connectivity index (χ1n) is 6.07. The second-order valence-electron chi connectivity index (χ2n) is 4.34. The Bertz CT molecular complexity index is 584. The van der Waals surface area contributed by atoms with E-state index >= 15 is 0 Å². The van der Waals surface area contributed by atoms with Crippen LogP contribution in [0.3, 0.4) is 0 Å². The molecule has 2 heterocycles. The van der Waals surface area contributed by atoms with Gasteiger partial charge in [0.2, 0.25) is 0 Å². The molecule has 0 aliphatic carbocycles. The molecule has 1 fully saturated rings. The summed E-state index contributed by atoms with van der Waals surface area (Å²) in [6, 6.07) is 1.29. The first-order chi connectivity index (χ1) is 9.58. The number of nitrogens with one attached hydrogen (secondary N) is 1. The Morgan fingerprint density at radius 2 is 2.40 bits per heavy atom. The first-order valence-corrected chi connectivity index (χ1v) is 6.47. The molecule has 1 aromatic heterocycles. The van der Waals surface area contributed by atoms with Crippen LogP contribution in [0.15, 0.2) is 29.7 Å². The molecule has 1 saturated heterocycles. The molecule has 0 spiro atoms. The normalized spacial score (nSPS) is 29.5. The highest BCUT2D eigenvalue weighted by Crippen LogP contribution is 2.31. The van der Waals surface area contributed by atoms with Gasteiger partial charge in [-0.15, -0.1) is 6.58 Å². The summed E-state index contributed by atoms with van der Waals surface area (Å²) >= 11 is 5.06. The van der Waals surface area contributed by atoms with E-state index in [1.54, 1.807) is 6.08 Å². The molecular formula is C12H16N2O5S. The van der Waals surface area contributed by atoms with E-state index in [2.05, 4.69) is 11.6 Å². The van der Waals surface area contributed by atoms with Gasteiger partial charge in [0.15, 0.2) is 11.0 Å². The van der Waals surface area contributed by atoms with Crippen molar-refractivity contribution in [1.82, 2.24) is 9.55 Å². The summed E-state index contributed by atoms with van der Waals surface area (Å²) in [7, 11) is 0. The summed E-state index contributed by atoms with van der Waals surface area (Å²) in [6.45, 7) is 3.41. The van der Waals surface area contributed by atoms with Crippen LogP contribution in [-0.2, 0) is 9.47 Å². The van der Waals surface area contributed by atoms with E-state index in [9.17, 15) is 15.0 Å². The molecule has 110 valence electrons. The van der Waals surface area contributed by atoms with Crippen LogP contribution >= 0.6 is 12.2 Å². The summed E-state index contributed by atoms with van der Waals surface area (Å²) in [5.41, 5.74) is -0.327. The van der Waals surface area contributed by atoms with Crippen LogP contribution in [0.4, 0.5) is 0 Å². The van der Waals surface area contributed by atoms with Gasteiger partial charge in [0.05, 0.1) is 13.2 Å². The van der Waals surface area contributed by atoms with Gasteiger partial charge in [0.25, 0.3) is 5.56 Å². The van der Waals surface area contributed by atoms with Crippen LogP contribution in [0.1, 0.15) is 6.23 Å². The van der Waals surface area contributed by atoms with Crippen LogP contribution in [0.2, 0.25) is 0 Å². The van der Waals surface area contributed by atoms with Crippen LogP contribution in [-0.4, -0.2) is 51.3 Å². The fourth-order valence-corrected chi connectivity index (χ4v) is 2.35. The number of ether oxygens (including phenoxy) is 2. The molecule has 0 aromatic carbocycles. The predicted octanol–water partition coefficient (Wildman–Crippen LogP) is -0.272. The van der Waals surface area contributed by atoms with Crippen molar-refractivity contribution in [3.63, 3.8) is 0 Å². The molecule has 0 radical (unpaired) electrons. The second-order valence-corrected chi connectivity index (χ2v) is 4.73. The van der Waals surface area contributed by atoms with Crippen molar-refractivity contribution in [2.75, 3.05) is 13.2 Å². The van der Waals surface area contributed by atoms with Gasteiger partial charge < -0.3 is 19.7 Å². The van der Waals surface area contributed by atoms with Crippen molar-refractivity contribution in [2.45, 2.75) is 24.5 Å². The number of nitrogens with zero attached hydrogens (tertiary/aromatic N) is 1. The van der Waals surface area contributed by atoms with Gasteiger partial charge in [0, 0.05) is 12.3 Å². The number of hydrogen-bond acceptors (Lipinski definition) is 6. The second kappa shape index (κ2) is 6.42. The van der Waals surface area contributed by atoms with E-state index in [0.29, 0.717) is 0 Å². The Kier molecular flexibility index (Phi) is 4.84. The lowest BCUT2D eigenvalue weighted by Crippen LogP contribution is -2.35. The molecule has 1 aromatic rings. The maximum Gasteiger partial charge on any atom is 0.251 e. The lowest BCUT2D eigenvalue weighted by molar-refractivity contribution is -0.0677. The predicted molar refractivity (Wildman–Crippen MR) is 72.8 cm³/mol. The maximum absolute atomic E-state index is 11.2. The minimum absolute atomic E-state index is 0.153. The average molecular weight is 300 g/mol. The summed E-state index contributed by atoms with van der Waals surface area (Å²) in [4.78, 5) is 13.6. The van der Waals surface area contributed by atoms with Gasteiger partial charge in [0.1, 0.15) is 18.3 Å². The van der Waals surface area contributed by atoms with Crippen molar-refractivity contribution in [3.8, 4) is 0 Å². The van der Waals surface area contributed by atoms with E-state index in [1.165, 1.54) is 16.8 Å². The van der Waals surface area contributed by atoms with Gasteiger partial charge in [-0.25, -0.2) is 0 Å².